The number of carbonyl (C=O) groups excluding carboxylic acids is 1. The molecule has 2 aromatic carbocycles. The van der Waals surface area contributed by atoms with Crippen molar-refractivity contribution in [1.82, 2.24) is 9.21 Å². The van der Waals surface area contributed by atoms with Crippen molar-refractivity contribution >= 4 is 38.9 Å². The maximum Gasteiger partial charge on any atom is 0.243 e. The first-order valence-corrected chi connectivity index (χ1v) is 13.3. The van der Waals surface area contributed by atoms with Gasteiger partial charge in [-0.25, -0.2) is 8.42 Å². The summed E-state index contributed by atoms with van der Waals surface area (Å²) in [5.74, 6) is -0.246. The first-order valence-electron chi connectivity index (χ1n) is 10.6. The summed E-state index contributed by atoms with van der Waals surface area (Å²) in [6.07, 6.45) is 2.25. The topological polar surface area (TPSA) is 57.7 Å². The van der Waals surface area contributed by atoms with Crippen molar-refractivity contribution in [1.29, 1.82) is 0 Å². The molecule has 0 saturated heterocycles. The molecule has 3 aromatic rings. The van der Waals surface area contributed by atoms with Crippen LogP contribution in [0.5, 0.6) is 0 Å². The van der Waals surface area contributed by atoms with Crippen LogP contribution in [0, 0.1) is 6.92 Å². The Morgan fingerprint density at radius 3 is 2.55 bits per heavy atom. The van der Waals surface area contributed by atoms with Crippen LogP contribution in [-0.4, -0.2) is 43.2 Å². The Balaban J connectivity index is 1.65. The highest BCUT2D eigenvalue weighted by molar-refractivity contribution is 7.89. The van der Waals surface area contributed by atoms with E-state index in [1.54, 1.807) is 40.5 Å². The van der Waals surface area contributed by atoms with Gasteiger partial charge < -0.3 is 4.90 Å². The van der Waals surface area contributed by atoms with Crippen LogP contribution < -0.4 is 0 Å². The zero-order valence-electron chi connectivity index (χ0n) is 18.3. The third kappa shape index (κ3) is 4.92. The molecule has 0 bridgehead atoms. The van der Waals surface area contributed by atoms with Gasteiger partial charge >= 0.3 is 0 Å². The summed E-state index contributed by atoms with van der Waals surface area (Å²) in [4.78, 5) is 16.7. The minimum atomic E-state index is -3.85. The molecule has 0 N–H and O–H groups in total. The van der Waals surface area contributed by atoms with Crippen LogP contribution in [0.3, 0.4) is 0 Å². The lowest BCUT2D eigenvalue weighted by atomic mass is 9.93. The normalized spacial score (nSPS) is 16.0. The fraction of sp³-hybridized carbons (Fsp3) is 0.240. The average Bonchev–Trinajstić information content (AvgIpc) is 3.28. The molecular formula is C25H25ClN2O3S2. The van der Waals surface area contributed by atoms with Crippen LogP contribution in [0.4, 0.5) is 0 Å². The zero-order valence-corrected chi connectivity index (χ0v) is 20.7. The SMILES string of the molecule is C=CCN(CC(=O)N1CCc2sccc2C1c1ccc(Cl)cc1)S(=O)(=O)c1ccc(C)cc1. The van der Waals surface area contributed by atoms with Crippen LogP contribution in [-0.2, 0) is 21.2 Å². The standard InChI is InChI=1S/C25H25ClN2O3S2/c1-3-14-27(33(30,31)21-10-4-18(2)5-11-21)17-24(29)28-15-12-23-22(13-16-32-23)25(28)19-6-8-20(26)9-7-19/h3-11,13,16,25H,1,12,14-15,17H2,2H3. The molecule has 0 fully saturated rings. The molecule has 1 amide bonds. The maximum absolute atomic E-state index is 13.6. The number of halogens is 1. The maximum atomic E-state index is 13.6. The van der Waals surface area contributed by atoms with Gasteiger partial charge in [-0.05, 0) is 60.2 Å². The second-order valence-corrected chi connectivity index (χ2v) is 11.4. The molecule has 1 aliphatic heterocycles. The Morgan fingerprint density at radius 2 is 1.88 bits per heavy atom. The number of amides is 1. The van der Waals surface area contributed by atoms with Crippen LogP contribution >= 0.6 is 22.9 Å². The highest BCUT2D eigenvalue weighted by atomic mass is 35.5. The van der Waals surface area contributed by atoms with Crippen LogP contribution in [0.15, 0.2) is 77.5 Å². The van der Waals surface area contributed by atoms with E-state index in [0.717, 1.165) is 23.1 Å². The smallest absolute Gasteiger partial charge is 0.243 e. The minimum Gasteiger partial charge on any atom is -0.330 e. The molecule has 4 rings (SSSR count). The van der Waals surface area contributed by atoms with Crippen LogP contribution in [0.2, 0.25) is 5.02 Å². The molecule has 0 radical (unpaired) electrons. The average molecular weight is 501 g/mol. The van der Waals surface area contributed by atoms with Crippen LogP contribution in [0.1, 0.15) is 27.6 Å². The Hall–Kier alpha value is -2.45. The van der Waals surface area contributed by atoms with E-state index < -0.39 is 10.0 Å². The summed E-state index contributed by atoms with van der Waals surface area (Å²) in [6.45, 7) is 5.90. The Labute approximate surface area is 204 Å². The van der Waals surface area contributed by atoms with Crippen molar-refractivity contribution in [3.8, 4) is 0 Å². The number of hydrogen-bond acceptors (Lipinski definition) is 4. The number of rotatable bonds is 7. The summed E-state index contributed by atoms with van der Waals surface area (Å²) in [6, 6.07) is 15.9. The van der Waals surface area contributed by atoms with Gasteiger partial charge in [-0.15, -0.1) is 17.9 Å². The summed E-state index contributed by atoms with van der Waals surface area (Å²) < 4.78 is 27.8. The van der Waals surface area contributed by atoms with Gasteiger partial charge in [0.25, 0.3) is 0 Å². The molecule has 0 spiro atoms. The Bertz CT molecular complexity index is 1250. The van der Waals surface area contributed by atoms with Crippen molar-refractivity contribution in [3.05, 3.63) is 99.2 Å². The van der Waals surface area contributed by atoms with Gasteiger partial charge in [0.15, 0.2) is 0 Å². The van der Waals surface area contributed by atoms with Gasteiger partial charge in [0.1, 0.15) is 0 Å². The first kappa shape index (κ1) is 23.7. The highest BCUT2D eigenvalue weighted by Crippen LogP contribution is 2.38. The number of fused-ring (bicyclic) bond motifs is 1. The first-order chi connectivity index (χ1) is 15.8. The summed E-state index contributed by atoms with van der Waals surface area (Å²) >= 11 is 7.77. The number of sulfonamides is 1. The molecule has 172 valence electrons. The van der Waals surface area contributed by atoms with Crippen molar-refractivity contribution in [2.45, 2.75) is 24.3 Å². The molecule has 0 saturated carbocycles. The summed E-state index contributed by atoms with van der Waals surface area (Å²) in [5, 5.41) is 2.66. The van der Waals surface area contributed by atoms with E-state index in [1.807, 2.05) is 42.6 Å². The second kappa shape index (κ2) is 9.81. The Kier molecular flexibility index (Phi) is 7.05. The number of carbonyl (C=O) groups is 1. The van der Waals surface area contributed by atoms with Gasteiger partial charge in [-0.2, -0.15) is 4.31 Å². The van der Waals surface area contributed by atoms with E-state index in [4.69, 9.17) is 11.6 Å². The summed E-state index contributed by atoms with van der Waals surface area (Å²) in [5.41, 5.74) is 2.99. The van der Waals surface area contributed by atoms with Crippen molar-refractivity contribution in [2.24, 2.45) is 0 Å². The largest absolute Gasteiger partial charge is 0.330 e. The second-order valence-electron chi connectivity index (χ2n) is 7.99. The van der Waals surface area contributed by atoms with E-state index in [1.165, 1.54) is 15.3 Å². The highest BCUT2D eigenvalue weighted by Gasteiger charge is 2.35. The Morgan fingerprint density at radius 1 is 1.18 bits per heavy atom. The predicted octanol–water partition coefficient (Wildman–Crippen LogP) is 5.06. The fourth-order valence-electron chi connectivity index (χ4n) is 4.08. The molecule has 1 aromatic heterocycles. The van der Waals surface area contributed by atoms with Gasteiger partial charge in [0.05, 0.1) is 17.5 Å². The zero-order chi connectivity index (χ0) is 23.6. The molecule has 8 heteroatoms. The van der Waals surface area contributed by atoms with E-state index in [0.29, 0.717) is 11.6 Å². The molecule has 5 nitrogen and oxygen atoms in total. The van der Waals surface area contributed by atoms with Crippen molar-refractivity contribution in [3.63, 3.8) is 0 Å². The fourth-order valence-corrected chi connectivity index (χ4v) is 6.47. The molecule has 33 heavy (non-hydrogen) atoms. The van der Waals surface area contributed by atoms with E-state index >= 15 is 0 Å². The number of benzene rings is 2. The van der Waals surface area contributed by atoms with E-state index in [9.17, 15) is 13.2 Å². The molecule has 1 unspecified atom stereocenters. The predicted molar refractivity (Wildman–Crippen MR) is 133 cm³/mol. The molecule has 0 aliphatic carbocycles. The molecule has 2 heterocycles. The lowest BCUT2D eigenvalue weighted by Gasteiger charge is -2.37. The minimum absolute atomic E-state index is 0.0467. The number of thiophene rings is 1. The number of nitrogens with zero attached hydrogens (tertiary/aromatic N) is 2. The third-order valence-corrected chi connectivity index (χ3v) is 8.85. The van der Waals surface area contributed by atoms with Crippen molar-refractivity contribution < 1.29 is 13.2 Å². The molecular weight excluding hydrogens is 476 g/mol. The monoisotopic (exact) mass is 500 g/mol. The summed E-state index contributed by atoms with van der Waals surface area (Å²) in [7, 11) is -3.85. The van der Waals surface area contributed by atoms with E-state index in [2.05, 4.69) is 6.58 Å². The number of hydrogen-bond donors (Lipinski definition) is 0. The van der Waals surface area contributed by atoms with Gasteiger partial charge in [-0.3, -0.25) is 4.79 Å². The molecule has 1 aliphatic rings. The van der Waals surface area contributed by atoms with Crippen LogP contribution in [0.25, 0.3) is 0 Å². The lowest BCUT2D eigenvalue weighted by molar-refractivity contribution is -0.133. The van der Waals surface area contributed by atoms with Gasteiger partial charge in [-0.1, -0.05) is 47.5 Å². The van der Waals surface area contributed by atoms with Gasteiger partial charge in [0.2, 0.25) is 15.9 Å². The molecule has 1 atom stereocenters. The third-order valence-electron chi connectivity index (χ3n) is 5.78. The lowest BCUT2D eigenvalue weighted by Crippen LogP contribution is -2.46. The quantitative estimate of drug-likeness (QED) is 0.426. The van der Waals surface area contributed by atoms with E-state index in [-0.39, 0.29) is 29.9 Å². The van der Waals surface area contributed by atoms with Gasteiger partial charge in [0, 0.05) is 23.0 Å². The number of aryl methyl sites for hydroxylation is 1. The van der Waals surface area contributed by atoms with Crippen molar-refractivity contribution in [2.75, 3.05) is 19.6 Å².